The van der Waals surface area contributed by atoms with Gasteiger partial charge in [0.25, 0.3) is 0 Å². The summed E-state index contributed by atoms with van der Waals surface area (Å²) in [7, 11) is 3.25. The number of benzene rings is 1. The maximum absolute atomic E-state index is 6.08. The first-order chi connectivity index (χ1) is 9.47. The maximum Gasteiger partial charge on any atom is 0.201 e. The molecular formula is C15H23N3O2. The van der Waals surface area contributed by atoms with Crippen LogP contribution in [0.3, 0.4) is 0 Å². The van der Waals surface area contributed by atoms with Crippen molar-refractivity contribution < 1.29 is 9.47 Å². The monoisotopic (exact) mass is 277 g/mol. The third-order valence-electron chi connectivity index (χ3n) is 3.48. The van der Waals surface area contributed by atoms with Gasteiger partial charge in [0.05, 0.1) is 25.3 Å². The molecule has 0 saturated heterocycles. The first kappa shape index (κ1) is 14.5. The summed E-state index contributed by atoms with van der Waals surface area (Å²) >= 11 is 0. The number of methoxy groups -OCH3 is 2. The number of nitrogen functional groups attached to an aromatic ring is 1. The third-order valence-corrected chi connectivity index (χ3v) is 3.48. The van der Waals surface area contributed by atoms with Gasteiger partial charge in [-0.2, -0.15) is 0 Å². The molecule has 0 aliphatic heterocycles. The lowest BCUT2D eigenvalue weighted by Gasteiger charge is -2.18. The summed E-state index contributed by atoms with van der Waals surface area (Å²) in [6, 6.07) is 4.09. The molecule has 5 heteroatoms. The second-order valence-electron chi connectivity index (χ2n) is 5.51. The van der Waals surface area contributed by atoms with E-state index < -0.39 is 0 Å². The van der Waals surface area contributed by atoms with E-state index in [0.29, 0.717) is 23.4 Å². The Morgan fingerprint density at radius 1 is 1.15 bits per heavy atom. The van der Waals surface area contributed by atoms with E-state index in [9.17, 15) is 0 Å². The first-order valence-corrected chi connectivity index (χ1v) is 6.87. The van der Waals surface area contributed by atoms with Gasteiger partial charge in [0.1, 0.15) is 0 Å². The van der Waals surface area contributed by atoms with Crippen molar-refractivity contribution in [1.82, 2.24) is 9.55 Å². The molecule has 20 heavy (non-hydrogen) atoms. The molecule has 1 atom stereocenters. The molecule has 2 N–H and O–H groups in total. The van der Waals surface area contributed by atoms with Crippen molar-refractivity contribution in [3.8, 4) is 11.5 Å². The molecule has 1 aromatic carbocycles. The summed E-state index contributed by atoms with van der Waals surface area (Å²) in [4.78, 5) is 4.43. The standard InChI is InChI=1S/C15H23N3O2/c1-9(2)6-10(3)18-12-8-14(20-5)13(19-4)7-11(12)17-15(18)16/h7-10H,6H2,1-5H3,(H2,16,17). The molecular weight excluding hydrogens is 254 g/mol. The average Bonchev–Trinajstić information content (AvgIpc) is 2.70. The number of hydrogen-bond acceptors (Lipinski definition) is 4. The van der Waals surface area contributed by atoms with Crippen LogP contribution in [0, 0.1) is 5.92 Å². The van der Waals surface area contributed by atoms with Crippen LogP contribution in [0.15, 0.2) is 12.1 Å². The summed E-state index contributed by atoms with van der Waals surface area (Å²) in [5, 5.41) is 0. The molecule has 0 aliphatic carbocycles. The zero-order valence-electron chi connectivity index (χ0n) is 12.8. The summed E-state index contributed by atoms with van der Waals surface area (Å²) in [5.41, 5.74) is 7.89. The lowest BCUT2D eigenvalue weighted by atomic mass is 10.0. The van der Waals surface area contributed by atoms with Crippen molar-refractivity contribution in [3.63, 3.8) is 0 Å². The molecule has 0 bridgehead atoms. The third kappa shape index (κ3) is 2.53. The molecule has 0 fully saturated rings. The number of hydrogen-bond donors (Lipinski definition) is 1. The minimum Gasteiger partial charge on any atom is -0.493 e. The number of rotatable bonds is 5. The van der Waals surface area contributed by atoms with E-state index in [-0.39, 0.29) is 6.04 Å². The van der Waals surface area contributed by atoms with Crippen LogP contribution in [-0.2, 0) is 0 Å². The van der Waals surface area contributed by atoms with E-state index in [1.807, 2.05) is 12.1 Å². The Hall–Kier alpha value is -1.91. The Balaban J connectivity index is 2.57. The Morgan fingerprint density at radius 3 is 2.30 bits per heavy atom. The van der Waals surface area contributed by atoms with E-state index in [4.69, 9.17) is 15.2 Å². The van der Waals surface area contributed by atoms with Crippen LogP contribution in [0.5, 0.6) is 11.5 Å². The van der Waals surface area contributed by atoms with Gasteiger partial charge in [0.15, 0.2) is 11.5 Å². The second-order valence-corrected chi connectivity index (χ2v) is 5.51. The molecule has 0 spiro atoms. The van der Waals surface area contributed by atoms with Gasteiger partial charge in [0.2, 0.25) is 5.95 Å². The topological polar surface area (TPSA) is 62.3 Å². The van der Waals surface area contributed by atoms with Crippen LogP contribution in [0.1, 0.15) is 33.2 Å². The average molecular weight is 277 g/mol. The number of anilines is 1. The van der Waals surface area contributed by atoms with Gasteiger partial charge in [-0.3, -0.25) is 0 Å². The van der Waals surface area contributed by atoms with Gasteiger partial charge in [-0.25, -0.2) is 4.98 Å². The fourth-order valence-corrected chi connectivity index (χ4v) is 2.69. The number of imidazole rings is 1. The van der Waals surface area contributed by atoms with Gasteiger partial charge in [-0.15, -0.1) is 0 Å². The summed E-state index contributed by atoms with van der Waals surface area (Å²) in [6.45, 7) is 6.57. The normalized spacial score (nSPS) is 12.9. The highest BCUT2D eigenvalue weighted by Crippen LogP contribution is 2.35. The van der Waals surface area contributed by atoms with Crippen LogP contribution in [0.4, 0.5) is 5.95 Å². The lowest BCUT2D eigenvalue weighted by Crippen LogP contribution is -2.11. The van der Waals surface area contributed by atoms with Gasteiger partial charge in [0, 0.05) is 18.2 Å². The zero-order valence-corrected chi connectivity index (χ0v) is 12.8. The molecule has 0 radical (unpaired) electrons. The van der Waals surface area contributed by atoms with Crippen molar-refractivity contribution in [2.24, 2.45) is 5.92 Å². The van der Waals surface area contributed by atoms with E-state index in [2.05, 4.69) is 30.3 Å². The summed E-state index contributed by atoms with van der Waals surface area (Å²) in [6.07, 6.45) is 1.05. The van der Waals surface area contributed by atoms with Crippen LogP contribution in [-0.4, -0.2) is 23.8 Å². The Kier molecular flexibility index (Phi) is 4.06. The van der Waals surface area contributed by atoms with Crippen molar-refractivity contribution in [2.75, 3.05) is 20.0 Å². The zero-order chi connectivity index (χ0) is 14.9. The van der Waals surface area contributed by atoms with Crippen molar-refractivity contribution >= 4 is 17.0 Å². The van der Waals surface area contributed by atoms with Gasteiger partial charge in [-0.1, -0.05) is 13.8 Å². The number of ether oxygens (including phenoxy) is 2. The molecule has 1 unspecified atom stereocenters. The fraction of sp³-hybridized carbons (Fsp3) is 0.533. The second kappa shape index (κ2) is 5.61. The summed E-state index contributed by atoms with van der Waals surface area (Å²) in [5.74, 6) is 2.49. The first-order valence-electron chi connectivity index (χ1n) is 6.87. The van der Waals surface area contributed by atoms with Crippen molar-refractivity contribution in [3.05, 3.63) is 12.1 Å². The smallest absolute Gasteiger partial charge is 0.201 e. The highest BCUT2D eigenvalue weighted by molar-refractivity contribution is 5.82. The van der Waals surface area contributed by atoms with Crippen LogP contribution in [0.2, 0.25) is 0 Å². The van der Waals surface area contributed by atoms with Gasteiger partial charge in [-0.05, 0) is 19.3 Å². The molecule has 0 aliphatic rings. The van der Waals surface area contributed by atoms with Crippen LogP contribution >= 0.6 is 0 Å². The highest BCUT2D eigenvalue weighted by atomic mass is 16.5. The predicted molar refractivity (Wildman–Crippen MR) is 81.4 cm³/mol. The van der Waals surface area contributed by atoms with E-state index in [0.717, 1.165) is 17.5 Å². The van der Waals surface area contributed by atoms with E-state index in [1.54, 1.807) is 14.2 Å². The van der Waals surface area contributed by atoms with E-state index in [1.165, 1.54) is 0 Å². The predicted octanol–water partition coefficient (Wildman–Crippen LogP) is 3.24. The minimum absolute atomic E-state index is 0.290. The van der Waals surface area contributed by atoms with Gasteiger partial charge < -0.3 is 19.8 Å². The van der Waals surface area contributed by atoms with Crippen molar-refractivity contribution in [1.29, 1.82) is 0 Å². The number of aromatic nitrogens is 2. The van der Waals surface area contributed by atoms with Crippen molar-refractivity contribution in [2.45, 2.75) is 33.2 Å². The molecule has 0 amide bonds. The molecule has 5 nitrogen and oxygen atoms in total. The number of fused-ring (bicyclic) bond motifs is 1. The highest BCUT2D eigenvalue weighted by Gasteiger charge is 2.17. The Morgan fingerprint density at radius 2 is 1.75 bits per heavy atom. The molecule has 2 rings (SSSR count). The van der Waals surface area contributed by atoms with Gasteiger partial charge >= 0.3 is 0 Å². The maximum atomic E-state index is 6.08. The van der Waals surface area contributed by atoms with Crippen LogP contribution in [0.25, 0.3) is 11.0 Å². The number of nitrogens with zero attached hydrogens (tertiary/aromatic N) is 2. The quantitative estimate of drug-likeness (QED) is 0.911. The molecule has 1 aromatic heterocycles. The number of nitrogens with two attached hydrogens (primary N) is 1. The summed E-state index contributed by atoms with van der Waals surface area (Å²) < 4.78 is 12.7. The minimum atomic E-state index is 0.290. The van der Waals surface area contributed by atoms with Crippen LogP contribution < -0.4 is 15.2 Å². The molecule has 0 saturated carbocycles. The largest absolute Gasteiger partial charge is 0.493 e. The molecule has 110 valence electrons. The SMILES string of the molecule is COc1cc2nc(N)n(C(C)CC(C)C)c2cc1OC. The lowest BCUT2D eigenvalue weighted by molar-refractivity contribution is 0.355. The molecule has 1 heterocycles. The Labute approximate surface area is 119 Å². The van der Waals surface area contributed by atoms with E-state index >= 15 is 0 Å². The Bertz CT molecular complexity index is 605. The fourth-order valence-electron chi connectivity index (χ4n) is 2.69. The molecule has 2 aromatic rings.